The van der Waals surface area contributed by atoms with Gasteiger partial charge in [-0.25, -0.2) is 0 Å². The lowest BCUT2D eigenvalue weighted by atomic mass is 10.3. The first-order chi connectivity index (χ1) is 6.38. The number of ether oxygens (including phenoxy) is 1. The van der Waals surface area contributed by atoms with Crippen LogP contribution in [0.15, 0.2) is 17.5 Å². The third-order valence-corrected chi connectivity index (χ3v) is 3.13. The number of hydrogen-bond donors (Lipinski definition) is 0. The van der Waals surface area contributed by atoms with Crippen molar-refractivity contribution in [1.82, 2.24) is 4.90 Å². The lowest BCUT2D eigenvalue weighted by Crippen LogP contribution is -2.26. The minimum absolute atomic E-state index is 0.514. The van der Waals surface area contributed by atoms with Gasteiger partial charge in [-0.2, -0.15) is 0 Å². The Morgan fingerprint density at radius 2 is 2.54 bits per heavy atom. The molecule has 0 aromatic carbocycles. The van der Waals surface area contributed by atoms with Crippen molar-refractivity contribution in [2.24, 2.45) is 0 Å². The summed E-state index contributed by atoms with van der Waals surface area (Å²) in [4.78, 5) is 3.88. The molecular formula is C10H15NOS. The lowest BCUT2D eigenvalue weighted by Gasteiger charge is -2.17. The molecule has 2 rings (SSSR count). The molecule has 0 radical (unpaired) electrons. The first kappa shape index (κ1) is 9.19. The van der Waals surface area contributed by atoms with E-state index < -0.39 is 0 Å². The molecule has 3 heteroatoms. The van der Waals surface area contributed by atoms with Gasteiger partial charge in [-0.1, -0.05) is 13.0 Å². The van der Waals surface area contributed by atoms with Crippen LogP contribution in [0.1, 0.15) is 11.8 Å². The second-order valence-corrected chi connectivity index (χ2v) is 4.39. The zero-order valence-corrected chi connectivity index (χ0v) is 8.72. The predicted molar refractivity (Wildman–Crippen MR) is 55.0 cm³/mol. The van der Waals surface area contributed by atoms with Gasteiger partial charge in [0.05, 0.1) is 12.7 Å². The summed E-state index contributed by atoms with van der Waals surface area (Å²) < 4.78 is 5.22. The van der Waals surface area contributed by atoms with E-state index in [1.165, 1.54) is 4.88 Å². The maximum atomic E-state index is 5.22. The van der Waals surface area contributed by atoms with Gasteiger partial charge >= 0.3 is 0 Å². The molecule has 72 valence electrons. The van der Waals surface area contributed by atoms with Gasteiger partial charge in [0.15, 0.2) is 0 Å². The second kappa shape index (κ2) is 4.22. The zero-order valence-electron chi connectivity index (χ0n) is 7.90. The second-order valence-electron chi connectivity index (χ2n) is 3.36. The maximum Gasteiger partial charge on any atom is 0.0936 e. The van der Waals surface area contributed by atoms with Crippen LogP contribution in [0.2, 0.25) is 0 Å². The summed E-state index contributed by atoms with van der Waals surface area (Å²) in [6.45, 7) is 6.44. The molecule has 0 bridgehead atoms. The van der Waals surface area contributed by atoms with Crippen molar-refractivity contribution in [2.45, 2.75) is 19.6 Å². The van der Waals surface area contributed by atoms with E-state index in [0.29, 0.717) is 6.10 Å². The molecule has 0 aliphatic carbocycles. The molecule has 1 aliphatic rings. The molecule has 0 amide bonds. The number of nitrogens with zero attached hydrogens (tertiary/aromatic N) is 1. The largest absolute Gasteiger partial charge is 0.372 e. The van der Waals surface area contributed by atoms with Gasteiger partial charge in [-0.3, -0.25) is 4.90 Å². The quantitative estimate of drug-likeness (QED) is 0.671. The summed E-state index contributed by atoms with van der Waals surface area (Å²) in [7, 11) is 0. The van der Waals surface area contributed by atoms with Crippen LogP contribution in [-0.2, 0) is 11.3 Å². The van der Waals surface area contributed by atoms with Crippen LogP contribution in [0.25, 0.3) is 0 Å². The van der Waals surface area contributed by atoms with Crippen LogP contribution in [-0.4, -0.2) is 30.7 Å². The molecule has 1 fully saturated rings. The third kappa shape index (κ3) is 2.79. The SMILES string of the molecule is CCN(Cc1cccs1)CC1CO1. The van der Waals surface area contributed by atoms with Crippen LogP contribution in [0.4, 0.5) is 0 Å². The first-order valence-electron chi connectivity index (χ1n) is 4.75. The maximum absolute atomic E-state index is 5.22. The molecule has 1 saturated heterocycles. The fourth-order valence-electron chi connectivity index (χ4n) is 1.39. The van der Waals surface area contributed by atoms with Crippen molar-refractivity contribution in [3.05, 3.63) is 22.4 Å². The molecule has 1 unspecified atom stereocenters. The molecule has 13 heavy (non-hydrogen) atoms. The van der Waals surface area contributed by atoms with Gasteiger partial charge in [0, 0.05) is 18.0 Å². The molecule has 2 nitrogen and oxygen atoms in total. The van der Waals surface area contributed by atoms with Gasteiger partial charge in [-0.05, 0) is 18.0 Å². The highest BCUT2D eigenvalue weighted by Gasteiger charge is 2.24. The van der Waals surface area contributed by atoms with Gasteiger partial charge in [0.2, 0.25) is 0 Å². The van der Waals surface area contributed by atoms with E-state index in [4.69, 9.17) is 4.74 Å². The molecule has 1 aromatic rings. The van der Waals surface area contributed by atoms with E-state index in [0.717, 1.165) is 26.2 Å². The fourth-order valence-corrected chi connectivity index (χ4v) is 2.14. The monoisotopic (exact) mass is 197 g/mol. The van der Waals surface area contributed by atoms with Crippen molar-refractivity contribution >= 4 is 11.3 Å². The molecule has 2 heterocycles. The molecule has 0 spiro atoms. The Labute approximate surface area is 83.1 Å². The number of likely N-dealkylation sites (N-methyl/N-ethyl adjacent to an activating group) is 1. The van der Waals surface area contributed by atoms with E-state index >= 15 is 0 Å². The smallest absolute Gasteiger partial charge is 0.0936 e. The molecule has 1 aromatic heterocycles. The number of epoxide rings is 1. The Kier molecular flexibility index (Phi) is 2.98. The Hall–Kier alpha value is -0.380. The first-order valence-corrected chi connectivity index (χ1v) is 5.63. The molecule has 1 atom stereocenters. The van der Waals surface area contributed by atoms with Gasteiger partial charge < -0.3 is 4.74 Å². The Balaban J connectivity index is 1.82. The van der Waals surface area contributed by atoms with Crippen molar-refractivity contribution < 1.29 is 4.74 Å². The van der Waals surface area contributed by atoms with Crippen LogP contribution in [0, 0.1) is 0 Å². The minimum atomic E-state index is 0.514. The summed E-state index contributed by atoms with van der Waals surface area (Å²) in [6, 6.07) is 4.31. The molecule has 0 saturated carbocycles. The van der Waals surface area contributed by atoms with Gasteiger partial charge in [0.1, 0.15) is 0 Å². The highest BCUT2D eigenvalue weighted by atomic mass is 32.1. The minimum Gasteiger partial charge on any atom is -0.372 e. The summed E-state index contributed by atoms with van der Waals surface area (Å²) in [6.07, 6.45) is 0.514. The summed E-state index contributed by atoms with van der Waals surface area (Å²) in [5.74, 6) is 0. The van der Waals surface area contributed by atoms with E-state index in [9.17, 15) is 0 Å². The topological polar surface area (TPSA) is 15.8 Å². The normalized spacial score (nSPS) is 20.9. The van der Waals surface area contributed by atoms with E-state index in [-0.39, 0.29) is 0 Å². The van der Waals surface area contributed by atoms with Crippen LogP contribution >= 0.6 is 11.3 Å². The summed E-state index contributed by atoms with van der Waals surface area (Å²) in [5, 5.41) is 2.14. The molecule has 1 aliphatic heterocycles. The zero-order chi connectivity index (χ0) is 9.10. The van der Waals surface area contributed by atoms with E-state index in [1.807, 2.05) is 11.3 Å². The summed E-state index contributed by atoms with van der Waals surface area (Å²) in [5.41, 5.74) is 0. The Bertz CT molecular complexity index is 243. The van der Waals surface area contributed by atoms with Crippen LogP contribution in [0.3, 0.4) is 0 Å². The molecular weight excluding hydrogens is 182 g/mol. The van der Waals surface area contributed by atoms with Crippen molar-refractivity contribution in [1.29, 1.82) is 0 Å². The van der Waals surface area contributed by atoms with Gasteiger partial charge in [-0.15, -0.1) is 11.3 Å². The van der Waals surface area contributed by atoms with Gasteiger partial charge in [0.25, 0.3) is 0 Å². The van der Waals surface area contributed by atoms with Crippen LogP contribution in [0.5, 0.6) is 0 Å². The average Bonchev–Trinajstić information content (AvgIpc) is 2.80. The van der Waals surface area contributed by atoms with Crippen molar-refractivity contribution in [3.8, 4) is 0 Å². The lowest BCUT2D eigenvalue weighted by molar-refractivity contribution is 0.247. The number of hydrogen-bond acceptors (Lipinski definition) is 3. The van der Waals surface area contributed by atoms with Crippen molar-refractivity contribution in [2.75, 3.05) is 19.7 Å². The average molecular weight is 197 g/mol. The predicted octanol–water partition coefficient (Wildman–Crippen LogP) is 1.97. The van der Waals surface area contributed by atoms with E-state index in [1.54, 1.807) is 0 Å². The van der Waals surface area contributed by atoms with Crippen molar-refractivity contribution in [3.63, 3.8) is 0 Å². The Morgan fingerprint density at radius 1 is 1.69 bits per heavy atom. The number of rotatable bonds is 5. The number of thiophene rings is 1. The summed E-state index contributed by atoms with van der Waals surface area (Å²) >= 11 is 1.83. The van der Waals surface area contributed by atoms with Crippen LogP contribution < -0.4 is 0 Å². The Morgan fingerprint density at radius 3 is 3.08 bits per heavy atom. The highest BCUT2D eigenvalue weighted by Crippen LogP contribution is 2.15. The highest BCUT2D eigenvalue weighted by molar-refractivity contribution is 7.09. The standard InChI is InChI=1S/C10H15NOS/c1-2-11(6-9-8-12-9)7-10-4-3-5-13-10/h3-5,9H,2,6-8H2,1H3. The third-order valence-electron chi connectivity index (χ3n) is 2.27. The molecule has 0 N–H and O–H groups in total. The fraction of sp³-hybridized carbons (Fsp3) is 0.600. The van der Waals surface area contributed by atoms with E-state index in [2.05, 4.69) is 29.3 Å².